The van der Waals surface area contributed by atoms with E-state index < -0.39 is 0 Å². The molecule has 1 atom stereocenters. The van der Waals surface area contributed by atoms with Crippen molar-refractivity contribution < 1.29 is 4.79 Å². The Morgan fingerprint density at radius 2 is 1.60 bits per heavy atom. The van der Waals surface area contributed by atoms with Crippen LogP contribution in [0.4, 0.5) is 4.79 Å². The van der Waals surface area contributed by atoms with Crippen LogP contribution in [0.5, 0.6) is 0 Å². The van der Waals surface area contributed by atoms with Crippen LogP contribution >= 0.6 is 0 Å². The van der Waals surface area contributed by atoms with E-state index in [9.17, 15) is 4.79 Å². The number of urea groups is 1. The third-order valence-corrected chi connectivity index (χ3v) is 5.27. The summed E-state index contributed by atoms with van der Waals surface area (Å²) in [6.45, 7) is 4.37. The van der Waals surface area contributed by atoms with Crippen LogP contribution in [-0.2, 0) is 0 Å². The molecule has 20 heavy (non-hydrogen) atoms. The minimum atomic E-state index is 0.195. The summed E-state index contributed by atoms with van der Waals surface area (Å²) >= 11 is 0. The third-order valence-electron chi connectivity index (χ3n) is 5.27. The van der Waals surface area contributed by atoms with Crippen LogP contribution in [0.25, 0.3) is 0 Å². The summed E-state index contributed by atoms with van der Waals surface area (Å²) in [4.78, 5) is 17.1. The maximum absolute atomic E-state index is 12.4. The summed E-state index contributed by atoms with van der Waals surface area (Å²) in [5.41, 5.74) is 0. The van der Waals surface area contributed by atoms with Crippen LogP contribution in [0.2, 0.25) is 0 Å². The van der Waals surface area contributed by atoms with Crippen molar-refractivity contribution in [2.24, 2.45) is 0 Å². The van der Waals surface area contributed by atoms with Crippen molar-refractivity contribution >= 4 is 6.03 Å². The number of rotatable bonds is 2. The Morgan fingerprint density at radius 1 is 0.850 bits per heavy atom. The van der Waals surface area contributed by atoms with Crippen molar-refractivity contribution in [3.05, 3.63) is 0 Å². The van der Waals surface area contributed by atoms with Crippen molar-refractivity contribution in [3.63, 3.8) is 0 Å². The Labute approximate surface area is 122 Å². The maximum Gasteiger partial charge on any atom is 0.317 e. The number of amides is 2. The quantitative estimate of drug-likeness (QED) is 0.843. The van der Waals surface area contributed by atoms with E-state index in [1.165, 1.54) is 70.9 Å². The molecule has 2 saturated heterocycles. The summed E-state index contributed by atoms with van der Waals surface area (Å²) in [6, 6.07) is 1.24. The molecule has 2 aliphatic heterocycles. The molecule has 4 heteroatoms. The van der Waals surface area contributed by atoms with E-state index in [1.54, 1.807) is 0 Å². The highest BCUT2D eigenvalue weighted by atomic mass is 16.2. The Balaban J connectivity index is 1.49. The molecular weight excluding hydrogens is 250 g/mol. The van der Waals surface area contributed by atoms with Gasteiger partial charge in [-0.25, -0.2) is 4.79 Å². The van der Waals surface area contributed by atoms with Gasteiger partial charge >= 0.3 is 6.03 Å². The van der Waals surface area contributed by atoms with Gasteiger partial charge in [0, 0.05) is 25.2 Å². The molecule has 3 aliphatic rings. The lowest BCUT2D eigenvalue weighted by atomic mass is 9.95. The van der Waals surface area contributed by atoms with Gasteiger partial charge < -0.3 is 10.2 Å². The van der Waals surface area contributed by atoms with Crippen molar-refractivity contribution in [1.29, 1.82) is 0 Å². The average Bonchev–Trinajstić information content (AvgIpc) is 3.03. The summed E-state index contributed by atoms with van der Waals surface area (Å²) in [5, 5.41) is 3.27. The maximum atomic E-state index is 12.4. The number of carbonyl (C=O) groups excluding carboxylic acids is 1. The van der Waals surface area contributed by atoms with Gasteiger partial charge in [0.2, 0.25) is 0 Å². The van der Waals surface area contributed by atoms with Crippen molar-refractivity contribution in [2.45, 2.75) is 69.9 Å². The highest BCUT2D eigenvalue weighted by Crippen LogP contribution is 2.21. The molecule has 0 unspecified atom stereocenters. The molecule has 0 spiro atoms. The molecule has 3 fully saturated rings. The van der Waals surface area contributed by atoms with Crippen LogP contribution in [0.1, 0.15) is 57.8 Å². The molecule has 0 bridgehead atoms. The predicted molar refractivity (Wildman–Crippen MR) is 80.8 cm³/mol. The van der Waals surface area contributed by atoms with Gasteiger partial charge in [-0.2, -0.15) is 0 Å². The third kappa shape index (κ3) is 3.46. The van der Waals surface area contributed by atoms with E-state index in [4.69, 9.17) is 0 Å². The van der Waals surface area contributed by atoms with Crippen LogP contribution in [0.3, 0.4) is 0 Å². The Kier molecular flexibility index (Phi) is 4.81. The molecule has 2 amide bonds. The van der Waals surface area contributed by atoms with Gasteiger partial charge in [-0.05, 0) is 51.6 Å². The molecule has 0 radical (unpaired) electrons. The Morgan fingerprint density at radius 3 is 2.35 bits per heavy atom. The first-order chi connectivity index (χ1) is 9.83. The zero-order chi connectivity index (χ0) is 13.8. The lowest BCUT2D eigenvalue weighted by molar-refractivity contribution is 0.122. The molecule has 1 aliphatic carbocycles. The van der Waals surface area contributed by atoms with E-state index in [2.05, 4.69) is 15.1 Å². The number of hydrogen-bond donors (Lipinski definition) is 1. The van der Waals surface area contributed by atoms with E-state index >= 15 is 0 Å². The van der Waals surface area contributed by atoms with Gasteiger partial charge in [-0.1, -0.05) is 19.3 Å². The van der Waals surface area contributed by atoms with Gasteiger partial charge in [-0.3, -0.25) is 4.90 Å². The summed E-state index contributed by atoms with van der Waals surface area (Å²) in [7, 11) is 0. The molecule has 1 saturated carbocycles. The van der Waals surface area contributed by atoms with Crippen LogP contribution < -0.4 is 5.32 Å². The van der Waals surface area contributed by atoms with Crippen LogP contribution in [0, 0.1) is 0 Å². The molecule has 1 N–H and O–H groups in total. The van der Waals surface area contributed by atoms with Gasteiger partial charge in [0.25, 0.3) is 0 Å². The normalized spacial score (nSPS) is 29.6. The molecular formula is C16H29N3O. The van der Waals surface area contributed by atoms with Gasteiger partial charge in [-0.15, -0.1) is 0 Å². The molecule has 0 aromatic heterocycles. The topological polar surface area (TPSA) is 35.6 Å². The molecule has 0 aromatic carbocycles. The number of carbonyl (C=O) groups is 1. The largest absolute Gasteiger partial charge is 0.335 e. The van der Waals surface area contributed by atoms with Crippen LogP contribution in [0.15, 0.2) is 0 Å². The summed E-state index contributed by atoms with van der Waals surface area (Å²) in [6.07, 6.45) is 11.4. The van der Waals surface area contributed by atoms with E-state index in [-0.39, 0.29) is 6.03 Å². The van der Waals surface area contributed by atoms with Gasteiger partial charge in [0.05, 0.1) is 0 Å². The first-order valence-electron chi connectivity index (χ1n) is 8.62. The van der Waals surface area contributed by atoms with Crippen LogP contribution in [-0.4, -0.2) is 54.1 Å². The standard InChI is InChI=1S/C16H29N3O/c20-16(17-14-7-2-1-3-8-14)19-12-6-9-15(13-19)18-10-4-5-11-18/h14-15H,1-13H2,(H,17,20)/t15-/m0/s1. The fourth-order valence-electron chi connectivity index (χ4n) is 4.06. The van der Waals surface area contributed by atoms with Crippen molar-refractivity contribution in [3.8, 4) is 0 Å². The zero-order valence-corrected chi connectivity index (χ0v) is 12.6. The Bertz CT molecular complexity index is 322. The fourth-order valence-corrected chi connectivity index (χ4v) is 4.06. The lowest BCUT2D eigenvalue weighted by Crippen LogP contribution is -2.53. The first kappa shape index (κ1) is 14.2. The fraction of sp³-hybridized carbons (Fsp3) is 0.938. The monoisotopic (exact) mass is 279 g/mol. The first-order valence-corrected chi connectivity index (χ1v) is 8.62. The SMILES string of the molecule is O=C(NC1CCCCC1)N1CCC[C@H](N2CCCC2)C1. The predicted octanol–water partition coefficient (Wildman–Crippen LogP) is 2.59. The summed E-state index contributed by atoms with van der Waals surface area (Å²) < 4.78 is 0. The van der Waals surface area contributed by atoms with E-state index in [0.717, 1.165) is 13.1 Å². The smallest absolute Gasteiger partial charge is 0.317 e. The minimum Gasteiger partial charge on any atom is -0.335 e. The summed E-state index contributed by atoms with van der Waals surface area (Å²) in [5.74, 6) is 0. The number of piperidine rings is 1. The van der Waals surface area contributed by atoms with E-state index in [0.29, 0.717) is 12.1 Å². The molecule has 114 valence electrons. The number of nitrogens with one attached hydrogen (secondary N) is 1. The highest BCUT2D eigenvalue weighted by Gasteiger charge is 2.30. The number of nitrogens with zero attached hydrogens (tertiary/aromatic N) is 2. The lowest BCUT2D eigenvalue weighted by Gasteiger charge is -2.38. The zero-order valence-electron chi connectivity index (χ0n) is 12.6. The second-order valence-electron chi connectivity index (χ2n) is 6.77. The second kappa shape index (κ2) is 6.79. The second-order valence-corrected chi connectivity index (χ2v) is 6.77. The molecule has 0 aromatic rings. The molecule has 3 rings (SSSR count). The molecule has 4 nitrogen and oxygen atoms in total. The van der Waals surface area contributed by atoms with Crippen molar-refractivity contribution in [1.82, 2.24) is 15.1 Å². The van der Waals surface area contributed by atoms with E-state index in [1.807, 2.05) is 0 Å². The van der Waals surface area contributed by atoms with Gasteiger partial charge in [0.1, 0.15) is 0 Å². The van der Waals surface area contributed by atoms with Crippen molar-refractivity contribution in [2.75, 3.05) is 26.2 Å². The highest BCUT2D eigenvalue weighted by molar-refractivity contribution is 5.74. The Hall–Kier alpha value is -0.770. The van der Waals surface area contributed by atoms with Gasteiger partial charge in [0.15, 0.2) is 0 Å². The number of hydrogen-bond acceptors (Lipinski definition) is 2. The minimum absolute atomic E-state index is 0.195. The average molecular weight is 279 g/mol. The number of likely N-dealkylation sites (tertiary alicyclic amines) is 2. The molecule has 2 heterocycles.